The molecule has 0 bridgehead atoms. The summed E-state index contributed by atoms with van der Waals surface area (Å²) in [5.74, 6) is -1.44. The van der Waals surface area contributed by atoms with Gasteiger partial charge < -0.3 is 5.11 Å². The van der Waals surface area contributed by atoms with E-state index in [-0.39, 0.29) is 11.5 Å². The molecule has 0 atom stereocenters. The van der Waals surface area contributed by atoms with E-state index >= 15 is 0 Å². The van der Waals surface area contributed by atoms with E-state index in [2.05, 4.69) is 15.3 Å². The van der Waals surface area contributed by atoms with Crippen molar-refractivity contribution >= 4 is 17.3 Å². The number of benzene rings is 1. The highest BCUT2D eigenvalue weighted by atomic mass is 32.1. The Morgan fingerprint density at radius 1 is 1.33 bits per heavy atom. The predicted octanol–water partition coefficient (Wildman–Crippen LogP) is 2.54. The predicted molar refractivity (Wildman–Crippen MR) is 74.1 cm³/mol. The van der Waals surface area contributed by atoms with Crippen LogP contribution >= 0.6 is 11.3 Å². The molecule has 0 fully saturated rings. The molecule has 0 aliphatic rings. The number of carboxylic acid groups (broad SMARTS) is 1. The van der Waals surface area contributed by atoms with Gasteiger partial charge in [-0.1, -0.05) is 5.21 Å². The molecule has 6 nitrogen and oxygen atoms in total. The monoisotopic (exact) mass is 304 g/mol. The zero-order chi connectivity index (χ0) is 15.0. The number of rotatable bonds is 3. The highest BCUT2D eigenvalue weighted by Gasteiger charge is 2.18. The third-order valence-corrected chi connectivity index (χ3v) is 3.73. The molecule has 0 amide bonds. The van der Waals surface area contributed by atoms with Crippen LogP contribution in [0.2, 0.25) is 0 Å². The molecular formula is C13H9FN4O2S. The number of hydrogen-bond donors (Lipinski definition) is 1. The Kier molecular flexibility index (Phi) is 3.22. The van der Waals surface area contributed by atoms with Crippen molar-refractivity contribution in [3.05, 3.63) is 46.9 Å². The lowest BCUT2D eigenvalue weighted by atomic mass is 10.2. The topological polar surface area (TPSA) is 80.9 Å². The zero-order valence-electron chi connectivity index (χ0n) is 10.8. The van der Waals surface area contributed by atoms with Gasteiger partial charge >= 0.3 is 5.97 Å². The molecule has 0 saturated carbocycles. The van der Waals surface area contributed by atoms with Gasteiger partial charge in [-0.05, 0) is 31.2 Å². The van der Waals surface area contributed by atoms with E-state index in [9.17, 15) is 9.18 Å². The summed E-state index contributed by atoms with van der Waals surface area (Å²) in [6.45, 7) is 1.61. The summed E-state index contributed by atoms with van der Waals surface area (Å²) in [6, 6.07) is 5.98. The van der Waals surface area contributed by atoms with Crippen LogP contribution in [0.25, 0.3) is 16.4 Å². The quantitative estimate of drug-likeness (QED) is 0.804. The second-order valence-corrected chi connectivity index (χ2v) is 5.10. The van der Waals surface area contributed by atoms with Gasteiger partial charge in [0.05, 0.1) is 11.4 Å². The molecule has 0 aliphatic carbocycles. The van der Waals surface area contributed by atoms with Crippen LogP contribution in [-0.4, -0.2) is 31.1 Å². The van der Waals surface area contributed by atoms with Crippen LogP contribution in [0.15, 0.2) is 29.6 Å². The van der Waals surface area contributed by atoms with Gasteiger partial charge in [-0.3, -0.25) is 0 Å². The minimum absolute atomic E-state index is 0.103. The number of nitrogens with zero attached hydrogens (tertiary/aromatic N) is 4. The summed E-state index contributed by atoms with van der Waals surface area (Å²) in [5, 5.41) is 18.7. The maximum Gasteiger partial charge on any atom is 0.358 e. The van der Waals surface area contributed by atoms with Gasteiger partial charge in [-0.15, -0.1) is 16.4 Å². The maximum absolute atomic E-state index is 12.9. The number of carbonyl (C=O) groups is 1. The van der Waals surface area contributed by atoms with Crippen molar-refractivity contribution in [2.45, 2.75) is 6.92 Å². The summed E-state index contributed by atoms with van der Waals surface area (Å²) in [4.78, 5) is 15.3. The van der Waals surface area contributed by atoms with Gasteiger partial charge in [0.2, 0.25) is 5.13 Å². The van der Waals surface area contributed by atoms with Gasteiger partial charge in [0, 0.05) is 10.9 Å². The molecule has 0 spiro atoms. The molecule has 2 aromatic heterocycles. The lowest BCUT2D eigenvalue weighted by Crippen LogP contribution is -2.02. The fourth-order valence-corrected chi connectivity index (χ4v) is 2.65. The normalized spacial score (nSPS) is 10.8. The van der Waals surface area contributed by atoms with Crippen LogP contribution in [0.5, 0.6) is 0 Å². The Morgan fingerprint density at radius 2 is 2.05 bits per heavy atom. The lowest BCUT2D eigenvalue weighted by molar-refractivity contribution is 0.0689. The van der Waals surface area contributed by atoms with Gasteiger partial charge in [-0.2, -0.15) is 4.68 Å². The third kappa shape index (κ3) is 2.40. The van der Waals surface area contributed by atoms with Crippen LogP contribution in [0.1, 0.15) is 16.2 Å². The van der Waals surface area contributed by atoms with Crippen molar-refractivity contribution in [1.29, 1.82) is 0 Å². The van der Waals surface area contributed by atoms with E-state index in [0.717, 1.165) is 5.56 Å². The van der Waals surface area contributed by atoms with Crippen molar-refractivity contribution in [1.82, 2.24) is 20.0 Å². The molecule has 106 valence electrons. The molecule has 2 heterocycles. The lowest BCUT2D eigenvalue weighted by Gasteiger charge is -1.98. The Labute approximate surface area is 122 Å². The van der Waals surface area contributed by atoms with Crippen molar-refractivity contribution in [3.63, 3.8) is 0 Å². The summed E-state index contributed by atoms with van der Waals surface area (Å²) in [5.41, 5.74) is 1.74. The number of aromatic nitrogens is 4. The van der Waals surface area contributed by atoms with E-state index < -0.39 is 5.97 Å². The summed E-state index contributed by atoms with van der Waals surface area (Å²) in [7, 11) is 0. The number of carboxylic acids is 1. The van der Waals surface area contributed by atoms with Crippen LogP contribution in [0, 0.1) is 12.7 Å². The largest absolute Gasteiger partial charge is 0.476 e. The minimum atomic E-state index is -1.13. The van der Waals surface area contributed by atoms with Crippen molar-refractivity contribution in [2.24, 2.45) is 0 Å². The smallest absolute Gasteiger partial charge is 0.358 e. The van der Waals surface area contributed by atoms with Gasteiger partial charge in [0.15, 0.2) is 5.69 Å². The van der Waals surface area contributed by atoms with E-state index in [4.69, 9.17) is 5.11 Å². The fraction of sp³-hybridized carbons (Fsp3) is 0.0769. The van der Waals surface area contributed by atoms with Crippen LogP contribution in [0.3, 0.4) is 0 Å². The van der Waals surface area contributed by atoms with E-state index in [1.54, 1.807) is 24.4 Å². The second kappa shape index (κ2) is 5.06. The highest BCUT2D eigenvalue weighted by Crippen LogP contribution is 2.24. The molecule has 3 aromatic rings. The molecule has 21 heavy (non-hydrogen) atoms. The molecule has 1 N–H and O–H groups in total. The Balaban J connectivity index is 1.99. The van der Waals surface area contributed by atoms with Crippen molar-refractivity contribution in [3.8, 4) is 16.4 Å². The number of halogens is 1. The van der Waals surface area contributed by atoms with Crippen molar-refractivity contribution < 1.29 is 14.3 Å². The Hall–Kier alpha value is -2.61. The van der Waals surface area contributed by atoms with E-state index in [1.807, 2.05) is 0 Å². The van der Waals surface area contributed by atoms with E-state index in [1.165, 1.54) is 28.2 Å². The maximum atomic E-state index is 12.9. The highest BCUT2D eigenvalue weighted by molar-refractivity contribution is 7.12. The van der Waals surface area contributed by atoms with Crippen molar-refractivity contribution in [2.75, 3.05) is 0 Å². The Morgan fingerprint density at radius 3 is 2.67 bits per heavy atom. The van der Waals surface area contributed by atoms with Gasteiger partial charge in [0.25, 0.3) is 0 Å². The molecule has 0 radical (unpaired) electrons. The minimum Gasteiger partial charge on any atom is -0.476 e. The average Bonchev–Trinajstić information content (AvgIpc) is 3.06. The molecule has 1 aromatic carbocycles. The second-order valence-electron chi connectivity index (χ2n) is 4.26. The first-order chi connectivity index (χ1) is 10.1. The molecule has 0 saturated heterocycles. The summed E-state index contributed by atoms with van der Waals surface area (Å²) < 4.78 is 14.3. The number of thiazole rings is 1. The first kappa shape index (κ1) is 13.4. The fourth-order valence-electron chi connectivity index (χ4n) is 1.82. The van der Waals surface area contributed by atoms with Crippen LogP contribution in [0.4, 0.5) is 4.39 Å². The first-order valence-electron chi connectivity index (χ1n) is 5.93. The van der Waals surface area contributed by atoms with Gasteiger partial charge in [-0.25, -0.2) is 14.2 Å². The van der Waals surface area contributed by atoms with E-state index in [0.29, 0.717) is 16.5 Å². The molecular weight excluding hydrogens is 295 g/mol. The number of aromatic carboxylic acids is 1. The first-order valence-corrected chi connectivity index (χ1v) is 6.81. The third-order valence-electron chi connectivity index (χ3n) is 2.91. The molecule has 3 rings (SSSR count). The van der Waals surface area contributed by atoms with Crippen LogP contribution < -0.4 is 0 Å². The summed E-state index contributed by atoms with van der Waals surface area (Å²) >= 11 is 1.30. The molecule has 0 aliphatic heterocycles. The molecule has 0 unspecified atom stereocenters. The molecule has 8 heteroatoms. The Bertz CT molecular complexity index is 810. The standard InChI is InChI=1S/C13H9FN4O2S/c1-7-11(12(19)20)16-17-18(7)13-15-10(6-21-13)8-2-4-9(14)5-3-8/h2-6H,1H3,(H,19,20). The summed E-state index contributed by atoms with van der Waals surface area (Å²) in [6.07, 6.45) is 0. The van der Waals surface area contributed by atoms with Gasteiger partial charge in [0.1, 0.15) is 5.82 Å². The zero-order valence-corrected chi connectivity index (χ0v) is 11.6. The average molecular weight is 304 g/mol. The SMILES string of the molecule is Cc1c(C(=O)O)nnn1-c1nc(-c2ccc(F)cc2)cs1. The van der Waals surface area contributed by atoms with Crippen LogP contribution in [-0.2, 0) is 0 Å². The number of hydrogen-bond acceptors (Lipinski definition) is 5.